The Morgan fingerprint density at radius 3 is 3.17 bits per heavy atom. The van der Waals surface area contributed by atoms with Gasteiger partial charge < -0.3 is 15.2 Å². The molecule has 0 aromatic carbocycles. The lowest BCUT2D eigenvalue weighted by atomic mass is 10.1. The highest BCUT2D eigenvalue weighted by atomic mass is 16.6. The van der Waals surface area contributed by atoms with Gasteiger partial charge in [0.15, 0.2) is 0 Å². The molecule has 1 aliphatic rings. The molecule has 0 radical (unpaired) electrons. The van der Waals surface area contributed by atoms with Gasteiger partial charge in [0.1, 0.15) is 12.6 Å². The van der Waals surface area contributed by atoms with E-state index in [1.807, 2.05) is 0 Å². The summed E-state index contributed by atoms with van der Waals surface area (Å²) in [7, 11) is 1.78. The summed E-state index contributed by atoms with van der Waals surface area (Å²) in [6.45, 7) is 1.03. The van der Waals surface area contributed by atoms with E-state index in [9.17, 15) is 4.79 Å². The highest BCUT2D eigenvalue weighted by molar-refractivity contribution is 5.77. The molecule has 1 aromatic heterocycles. The molecule has 0 amide bonds. The Kier molecular flexibility index (Phi) is 4.33. The van der Waals surface area contributed by atoms with Crippen LogP contribution in [0, 0.1) is 0 Å². The van der Waals surface area contributed by atoms with E-state index < -0.39 is 12.0 Å². The number of carbonyl (C=O) groups is 1. The number of nitrogens with two attached hydrogens (primary N) is 1. The van der Waals surface area contributed by atoms with Crippen LogP contribution in [0.2, 0.25) is 0 Å². The minimum atomic E-state index is -0.776. The Morgan fingerprint density at radius 1 is 1.72 bits per heavy atom. The SMILES string of the molecule is Cn1cc(C(N)C(=O)OCC2CCCCO2)cn1. The van der Waals surface area contributed by atoms with Crippen molar-refractivity contribution in [3.8, 4) is 0 Å². The fourth-order valence-corrected chi connectivity index (χ4v) is 1.94. The lowest BCUT2D eigenvalue weighted by molar-refractivity contribution is -0.150. The van der Waals surface area contributed by atoms with E-state index >= 15 is 0 Å². The first-order valence-corrected chi connectivity index (χ1v) is 6.19. The second-order valence-corrected chi connectivity index (χ2v) is 4.54. The van der Waals surface area contributed by atoms with Crippen molar-refractivity contribution in [1.82, 2.24) is 9.78 Å². The fraction of sp³-hybridized carbons (Fsp3) is 0.667. The van der Waals surface area contributed by atoms with E-state index in [-0.39, 0.29) is 12.7 Å². The molecule has 0 aliphatic carbocycles. The zero-order valence-electron chi connectivity index (χ0n) is 10.5. The monoisotopic (exact) mass is 253 g/mol. The van der Waals surface area contributed by atoms with E-state index in [2.05, 4.69) is 5.10 Å². The second kappa shape index (κ2) is 5.97. The minimum Gasteiger partial charge on any atom is -0.462 e. The summed E-state index contributed by atoms with van der Waals surface area (Å²) in [4.78, 5) is 11.8. The molecule has 1 fully saturated rings. The molecule has 0 spiro atoms. The maximum absolute atomic E-state index is 11.8. The first-order chi connectivity index (χ1) is 8.66. The smallest absolute Gasteiger partial charge is 0.327 e. The van der Waals surface area contributed by atoms with Gasteiger partial charge in [-0.2, -0.15) is 5.10 Å². The lowest BCUT2D eigenvalue weighted by Crippen LogP contribution is -2.30. The molecule has 2 unspecified atom stereocenters. The van der Waals surface area contributed by atoms with E-state index in [0.717, 1.165) is 25.9 Å². The summed E-state index contributed by atoms with van der Waals surface area (Å²) < 4.78 is 12.3. The van der Waals surface area contributed by atoms with Crippen LogP contribution in [-0.2, 0) is 21.3 Å². The van der Waals surface area contributed by atoms with Gasteiger partial charge in [0.25, 0.3) is 0 Å². The van der Waals surface area contributed by atoms with Crippen molar-refractivity contribution in [2.75, 3.05) is 13.2 Å². The van der Waals surface area contributed by atoms with Crippen molar-refractivity contribution in [2.45, 2.75) is 31.4 Å². The number of aromatic nitrogens is 2. The quantitative estimate of drug-likeness (QED) is 0.792. The van der Waals surface area contributed by atoms with Gasteiger partial charge in [-0.15, -0.1) is 0 Å². The van der Waals surface area contributed by atoms with Crippen molar-refractivity contribution in [1.29, 1.82) is 0 Å². The van der Waals surface area contributed by atoms with Crippen molar-refractivity contribution in [2.24, 2.45) is 12.8 Å². The van der Waals surface area contributed by atoms with Crippen LogP contribution in [-0.4, -0.2) is 35.1 Å². The number of ether oxygens (including phenoxy) is 2. The highest BCUT2D eigenvalue weighted by Crippen LogP contribution is 2.15. The van der Waals surface area contributed by atoms with Gasteiger partial charge in [-0.25, -0.2) is 4.79 Å². The minimum absolute atomic E-state index is 0.0174. The molecule has 1 saturated heterocycles. The molecule has 0 bridgehead atoms. The van der Waals surface area contributed by atoms with Crippen molar-refractivity contribution in [3.05, 3.63) is 18.0 Å². The largest absolute Gasteiger partial charge is 0.462 e. The number of carbonyl (C=O) groups excluding carboxylic acids is 1. The van der Waals surface area contributed by atoms with Crippen LogP contribution in [0.4, 0.5) is 0 Å². The Balaban J connectivity index is 1.80. The molecule has 0 saturated carbocycles. The Hall–Kier alpha value is -1.40. The number of hydrogen-bond donors (Lipinski definition) is 1. The van der Waals surface area contributed by atoms with Crippen LogP contribution >= 0.6 is 0 Å². The Morgan fingerprint density at radius 2 is 2.56 bits per heavy atom. The van der Waals surface area contributed by atoms with Crippen LogP contribution in [0.5, 0.6) is 0 Å². The standard InChI is InChI=1S/C12H19N3O3/c1-15-7-9(6-14-15)11(13)12(16)18-8-10-4-2-3-5-17-10/h6-7,10-11H,2-5,8,13H2,1H3. The van der Waals surface area contributed by atoms with Crippen LogP contribution in [0.25, 0.3) is 0 Å². The fourth-order valence-electron chi connectivity index (χ4n) is 1.94. The van der Waals surface area contributed by atoms with E-state index in [1.54, 1.807) is 24.1 Å². The lowest BCUT2D eigenvalue weighted by Gasteiger charge is -2.22. The number of nitrogens with zero attached hydrogens (tertiary/aromatic N) is 2. The normalized spacial score (nSPS) is 21.6. The van der Waals surface area contributed by atoms with E-state index in [0.29, 0.717) is 5.56 Å². The molecule has 2 atom stereocenters. The predicted molar refractivity (Wildman–Crippen MR) is 64.7 cm³/mol. The maximum atomic E-state index is 11.8. The van der Waals surface area contributed by atoms with Gasteiger partial charge in [0.05, 0.1) is 12.3 Å². The first-order valence-electron chi connectivity index (χ1n) is 6.19. The summed E-state index contributed by atoms with van der Waals surface area (Å²) in [5.74, 6) is -0.433. The van der Waals surface area contributed by atoms with Gasteiger partial charge in [-0.05, 0) is 19.3 Å². The molecule has 1 aliphatic heterocycles. The molecular weight excluding hydrogens is 234 g/mol. The van der Waals surface area contributed by atoms with Crippen LogP contribution in [0.15, 0.2) is 12.4 Å². The van der Waals surface area contributed by atoms with Gasteiger partial charge in [0.2, 0.25) is 0 Å². The number of aryl methyl sites for hydroxylation is 1. The van der Waals surface area contributed by atoms with Crippen molar-refractivity contribution in [3.63, 3.8) is 0 Å². The third-order valence-corrected chi connectivity index (χ3v) is 3.02. The Labute approximate surface area is 106 Å². The van der Waals surface area contributed by atoms with E-state index in [4.69, 9.17) is 15.2 Å². The molecule has 1 aromatic rings. The van der Waals surface area contributed by atoms with Crippen molar-refractivity contribution < 1.29 is 14.3 Å². The first kappa shape index (κ1) is 13.0. The Bertz CT molecular complexity index is 399. The van der Waals surface area contributed by atoms with Gasteiger partial charge in [-0.3, -0.25) is 4.68 Å². The molecule has 6 heteroatoms. The molecule has 18 heavy (non-hydrogen) atoms. The molecule has 2 N–H and O–H groups in total. The molecule has 2 rings (SSSR count). The van der Waals surface area contributed by atoms with Crippen LogP contribution < -0.4 is 5.73 Å². The molecule has 6 nitrogen and oxygen atoms in total. The topological polar surface area (TPSA) is 79.4 Å². The molecular formula is C12H19N3O3. The van der Waals surface area contributed by atoms with Crippen LogP contribution in [0.1, 0.15) is 30.9 Å². The second-order valence-electron chi connectivity index (χ2n) is 4.54. The molecule has 100 valence electrons. The average molecular weight is 253 g/mol. The van der Waals surface area contributed by atoms with Crippen LogP contribution in [0.3, 0.4) is 0 Å². The average Bonchev–Trinajstić information content (AvgIpc) is 2.83. The zero-order chi connectivity index (χ0) is 13.0. The highest BCUT2D eigenvalue weighted by Gasteiger charge is 2.21. The third kappa shape index (κ3) is 3.30. The predicted octanol–water partition coefficient (Wildman–Crippen LogP) is 0.532. The van der Waals surface area contributed by atoms with Gasteiger partial charge in [-0.1, -0.05) is 0 Å². The number of rotatable bonds is 4. The van der Waals surface area contributed by atoms with Gasteiger partial charge in [0, 0.05) is 25.4 Å². The maximum Gasteiger partial charge on any atom is 0.327 e. The summed E-state index contributed by atoms with van der Waals surface area (Å²) in [6.07, 6.45) is 6.45. The summed E-state index contributed by atoms with van der Waals surface area (Å²) in [5.41, 5.74) is 6.46. The number of hydrogen-bond acceptors (Lipinski definition) is 5. The number of esters is 1. The third-order valence-electron chi connectivity index (χ3n) is 3.02. The zero-order valence-corrected chi connectivity index (χ0v) is 10.5. The summed E-state index contributed by atoms with van der Waals surface area (Å²) in [6, 6.07) is -0.776. The molecule has 2 heterocycles. The summed E-state index contributed by atoms with van der Waals surface area (Å²) in [5, 5.41) is 3.97. The van der Waals surface area contributed by atoms with E-state index in [1.165, 1.54) is 0 Å². The summed E-state index contributed by atoms with van der Waals surface area (Å²) >= 11 is 0. The van der Waals surface area contributed by atoms with Gasteiger partial charge >= 0.3 is 5.97 Å². The van der Waals surface area contributed by atoms with Crippen molar-refractivity contribution >= 4 is 5.97 Å².